The molecule has 0 aromatic carbocycles. The van der Waals surface area contributed by atoms with Gasteiger partial charge in [0, 0.05) is 7.05 Å². The normalized spacial score (nSPS) is 8.10. The lowest BCUT2D eigenvalue weighted by molar-refractivity contribution is -0.102. The van der Waals surface area contributed by atoms with Gasteiger partial charge in [0.25, 0.3) is 0 Å². The van der Waals surface area contributed by atoms with Crippen molar-refractivity contribution >= 4 is 29.5 Å². The molecule has 0 aliphatic heterocycles. The third-order valence-electron chi connectivity index (χ3n) is 0.518. The van der Waals surface area contributed by atoms with Crippen molar-refractivity contribution in [2.75, 3.05) is 7.05 Å². The molecule has 0 aromatic heterocycles. The van der Waals surface area contributed by atoms with Crippen molar-refractivity contribution in [2.45, 2.75) is 0 Å². The molecule has 0 radical (unpaired) electrons. The molecule has 0 aliphatic rings. The average Bonchev–Trinajstić information content (AvgIpc) is 1.99. The minimum Gasteiger partial charge on any atom is -0.368 e. The van der Waals surface area contributed by atoms with Crippen molar-refractivity contribution < 1.29 is 13.8 Å². The van der Waals surface area contributed by atoms with Gasteiger partial charge in [0.2, 0.25) is 0 Å². The Kier molecular flexibility index (Phi) is 4.30. The molecule has 0 spiro atoms. The van der Waals surface area contributed by atoms with Crippen LogP contribution in [-0.2, 0) is 8.98 Å². The predicted octanol–water partition coefficient (Wildman–Crippen LogP) is 0.167. The van der Waals surface area contributed by atoms with E-state index in [1.165, 1.54) is 7.05 Å². The molecule has 6 heteroatoms. The summed E-state index contributed by atoms with van der Waals surface area (Å²) in [6.07, 6.45) is -0.398. The van der Waals surface area contributed by atoms with Crippen molar-refractivity contribution in [1.29, 1.82) is 5.41 Å². The summed E-state index contributed by atoms with van der Waals surface area (Å²) < 4.78 is 4.25. The molecule has 0 rings (SSSR count). The Bertz CT molecular complexity index is 159. The maximum absolute atomic E-state index is 10.3. The van der Waals surface area contributed by atoms with Crippen LogP contribution in [0.3, 0.4) is 0 Å². The molecule has 0 aliphatic carbocycles. The highest BCUT2D eigenvalue weighted by Gasteiger charge is 2.01. The Balaban J connectivity index is 3.44. The van der Waals surface area contributed by atoms with E-state index in [1.807, 2.05) is 0 Å². The van der Waals surface area contributed by atoms with Crippen LogP contribution in [0.15, 0.2) is 0 Å². The number of rotatable bonds is 1. The van der Waals surface area contributed by atoms with E-state index in [2.05, 4.69) is 9.50 Å². The molecule has 2 N–H and O–H groups in total. The number of hydrogen-bond acceptors (Lipinski definition) is 5. The Hall–Kier alpha value is -1.04. The molecular formula is C4H6N2O3S. The molecule has 0 aromatic rings. The summed E-state index contributed by atoms with van der Waals surface area (Å²) in [5.74, 6) is 0. The summed E-state index contributed by atoms with van der Waals surface area (Å²) in [5.41, 5.74) is 0. The smallest absolute Gasteiger partial charge is 0.368 e. The van der Waals surface area contributed by atoms with Gasteiger partial charge in [-0.05, 0) is 0 Å². The number of amides is 1. The maximum atomic E-state index is 10.3. The van der Waals surface area contributed by atoms with Crippen LogP contribution in [0, 0.1) is 5.41 Å². The Labute approximate surface area is 61.8 Å². The van der Waals surface area contributed by atoms with Crippen molar-refractivity contribution in [3.63, 3.8) is 0 Å². The van der Waals surface area contributed by atoms with Crippen molar-refractivity contribution in [2.24, 2.45) is 0 Å². The third kappa shape index (κ3) is 3.90. The van der Waals surface area contributed by atoms with Crippen LogP contribution in [0.5, 0.6) is 0 Å². The van der Waals surface area contributed by atoms with Gasteiger partial charge in [0.05, 0.1) is 0 Å². The molecule has 0 saturated carbocycles. The predicted molar refractivity (Wildman–Crippen MR) is 36.9 cm³/mol. The highest BCUT2D eigenvalue weighted by Crippen LogP contribution is 2.01. The summed E-state index contributed by atoms with van der Waals surface area (Å²) in [6, 6.07) is 0. The lowest BCUT2D eigenvalue weighted by atomic mass is 10.9. The summed E-state index contributed by atoms with van der Waals surface area (Å²) in [6.45, 7) is 0. The molecule has 0 heterocycles. The van der Waals surface area contributed by atoms with E-state index < -0.39 is 6.09 Å². The van der Waals surface area contributed by atoms with Gasteiger partial charge in [-0.1, -0.05) is 0 Å². The summed E-state index contributed by atoms with van der Waals surface area (Å²) in [4.78, 5) is 20.0. The van der Waals surface area contributed by atoms with Gasteiger partial charge >= 0.3 is 6.09 Å². The van der Waals surface area contributed by atoms with Crippen LogP contribution < -0.4 is 5.32 Å². The lowest BCUT2D eigenvalue weighted by Gasteiger charge is -1.96. The zero-order valence-electron chi connectivity index (χ0n) is 5.21. The zero-order chi connectivity index (χ0) is 7.98. The second kappa shape index (κ2) is 4.80. The third-order valence-corrected chi connectivity index (χ3v) is 1.03. The SMILES string of the molecule is CNC(=O)OSC(=N)C=O. The fourth-order valence-electron chi connectivity index (χ4n) is 0.144. The van der Waals surface area contributed by atoms with E-state index in [9.17, 15) is 9.59 Å². The Morgan fingerprint density at radius 2 is 2.40 bits per heavy atom. The average molecular weight is 162 g/mol. The quantitative estimate of drug-likeness (QED) is 0.249. The topological polar surface area (TPSA) is 79.2 Å². The minimum atomic E-state index is -0.684. The number of hydrogen-bond donors (Lipinski definition) is 2. The summed E-state index contributed by atoms with van der Waals surface area (Å²) in [7, 11) is 1.38. The number of nitrogens with one attached hydrogen (secondary N) is 2. The van der Waals surface area contributed by atoms with Crippen LogP contribution in [0.2, 0.25) is 0 Å². The van der Waals surface area contributed by atoms with E-state index in [1.54, 1.807) is 0 Å². The van der Waals surface area contributed by atoms with Gasteiger partial charge in [-0.25, -0.2) is 4.79 Å². The molecular weight excluding hydrogens is 156 g/mol. The second-order valence-corrected chi connectivity index (χ2v) is 1.96. The van der Waals surface area contributed by atoms with Gasteiger partial charge in [0.1, 0.15) is 12.0 Å². The van der Waals surface area contributed by atoms with Gasteiger partial charge in [-0.2, -0.15) is 0 Å². The van der Waals surface area contributed by atoms with E-state index in [0.29, 0.717) is 12.0 Å². The molecule has 0 unspecified atom stereocenters. The molecule has 1 amide bonds. The zero-order valence-corrected chi connectivity index (χ0v) is 6.03. The van der Waals surface area contributed by atoms with Crippen LogP contribution in [0.4, 0.5) is 4.79 Å². The molecule has 0 saturated heterocycles. The first-order valence-electron chi connectivity index (χ1n) is 2.30. The van der Waals surface area contributed by atoms with Crippen LogP contribution in [-0.4, -0.2) is 24.5 Å². The standard InChI is InChI=1S/C4H6N2O3S/c1-6-4(8)9-10-3(5)2-7/h2,5H,1H3,(H,6,8). The van der Waals surface area contributed by atoms with Crippen LogP contribution in [0.1, 0.15) is 0 Å². The summed E-state index contributed by atoms with van der Waals surface area (Å²) in [5, 5.41) is 8.50. The molecule has 0 fully saturated rings. The van der Waals surface area contributed by atoms with Crippen LogP contribution in [0.25, 0.3) is 0 Å². The molecule has 0 bridgehead atoms. The minimum absolute atomic E-state index is 0.285. The fraction of sp³-hybridized carbons (Fsp3) is 0.250. The summed E-state index contributed by atoms with van der Waals surface area (Å²) >= 11 is 0.412. The van der Waals surface area contributed by atoms with Crippen LogP contribution >= 0.6 is 12.0 Å². The highest BCUT2D eigenvalue weighted by molar-refractivity contribution is 8.11. The van der Waals surface area contributed by atoms with Gasteiger partial charge in [-0.3, -0.25) is 10.2 Å². The number of carbonyl (C=O) groups excluding carboxylic acids is 2. The first kappa shape index (κ1) is 8.96. The monoisotopic (exact) mass is 162 g/mol. The maximum Gasteiger partial charge on any atom is 0.419 e. The van der Waals surface area contributed by atoms with Crippen molar-refractivity contribution in [3.05, 3.63) is 0 Å². The Morgan fingerprint density at radius 3 is 2.80 bits per heavy atom. The van der Waals surface area contributed by atoms with Crippen molar-refractivity contribution in [1.82, 2.24) is 5.32 Å². The molecule has 5 nitrogen and oxygen atoms in total. The number of aldehydes is 1. The van der Waals surface area contributed by atoms with E-state index in [-0.39, 0.29) is 11.3 Å². The second-order valence-electron chi connectivity index (χ2n) is 1.19. The van der Waals surface area contributed by atoms with E-state index >= 15 is 0 Å². The van der Waals surface area contributed by atoms with Gasteiger partial charge < -0.3 is 9.50 Å². The molecule has 56 valence electrons. The lowest BCUT2D eigenvalue weighted by Crippen LogP contribution is -2.16. The first-order valence-corrected chi connectivity index (χ1v) is 3.04. The van der Waals surface area contributed by atoms with E-state index in [0.717, 1.165) is 0 Å². The largest absolute Gasteiger partial charge is 0.419 e. The van der Waals surface area contributed by atoms with Gasteiger partial charge in [0.15, 0.2) is 11.3 Å². The fourth-order valence-corrected chi connectivity index (χ4v) is 0.432. The number of carbonyl (C=O) groups is 2. The van der Waals surface area contributed by atoms with E-state index in [4.69, 9.17) is 5.41 Å². The van der Waals surface area contributed by atoms with Gasteiger partial charge in [-0.15, -0.1) is 0 Å². The Morgan fingerprint density at radius 1 is 1.80 bits per heavy atom. The van der Waals surface area contributed by atoms with Crippen molar-refractivity contribution in [3.8, 4) is 0 Å². The molecule has 0 atom stereocenters. The first-order chi connectivity index (χ1) is 4.70. The molecule has 10 heavy (non-hydrogen) atoms. The highest BCUT2D eigenvalue weighted by atomic mass is 32.2.